The lowest BCUT2D eigenvalue weighted by Gasteiger charge is -2.18. The maximum atomic E-state index is 12.4. The lowest BCUT2D eigenvalue weighted by molar-refractivity contribution is 0.0993. The number of benzene rings is 2. The molecule has 0 heterocycles. The predicted octanol–water partition coefficient (Wildman–Crippen LogP) is 3.96. The molecule has 98 valence electrons. The third-order valence-corrected chi connectivity index (χ3v) is 3.35. The molecule has 2 rings (SSSR count). The molecule has 2 aromatic carbocycles. The summed E-state index contributed by atoms with van der Waals surface area (Å²) in [5.74, 6) is -0.145. The van der Waals surface area contributed by atoms with E-state index in [4.69, 9.17) is 17.3 Å². The van der Waals surface area contributed by atoms with Gasteiger partial charge in [0.2, 0.25) is 0 Å². The fraction of sp³-hybridized carbons (Fsp3) is 0.0714. The van der Waals surface area contributed by atoms with Crippen molar-refractivity contribution >= 4 is 44.8 Å². The lowest BCUT2D eigenvalue weighted by atomic mass is 10.2. The number of carbonyl (C=O) groups is 1. The fourth-order valence-electron chi connectivity index (χ4n) is 1.72. The summed E-state index contributed by atoms with van der Waals surface area (Å²) in [5.41, 5.74) is 7.59. The van der Waals surface area contributed by atoms with Gasteiger partial charge in [-0.2, -0.15) is 0 Å². The Hall–Kier alpha value is -1.52. The highest BCUT2D eigenvalue weighted by Gasteiger charge is 2.14. The minimum atomic E-state index is -0.145. The number of nitrogen functional groups attached to an aromatic ring is 1. The van der Waals surface area contributed by atoms with Crippen molar-refractivity contribution in [2.75, 3.05) is 17.7 Å². The molecular formula is C14H12BrClN2O. The molecule has 2 N–H and O–H groups in total. The van der Waals surface area contributed by atoms with E-state index in [1.807, 2.05) is 12.1 Å². The Bertz CT molecular complexity index is 610. The average molecular weight is 340 g/mol. The second-order valence-corrected chi connectivity index (χ2v) is 5.47. The molecule has 19 heavy (non-hydrogen) atoms. The van der Waals surface area contributed by atoms with Crippen LogP contribution in [0.5, 0.6) is 0 Å². The molecule has 5 heteroatoms. The maximum absolute atomic E-state index is 12.4. The van der Waals surface area contributed by atoms with Crippen LogP contribution in [0.15, 0.2) is 46.9 Å². The number of carbonyl (C=O) groups excluding carboxylic acids is 1. The first kappa shape index (κ1) is 13.9. The molecule has 2 aromatic rings. The Morgan fingerprint density at radius 1 is 1.26 bits per heavy atom. The second kappa shape index (κ2) is 5.63. The third kappa shape index (κ3) is 3.28. The van der Waals surface area contributed by atoms with Crippen LogP contribution in [0.1, 0.15) is 10.4 Å². The molecule has 3 nitrogen and oxygen atoms in total. The Morgan fingerprint density at radius 2 is 2.00 bits per heavy atom. The summed E-state index contributed by atoms with van der Waals surface area (Å²) in [5, 5.41) is 0.513. The van der Waals surface area contributed by atoms with Crippen LogP contribution >= 0.6 is 27.5 Å². The van der Waals surface area contributed by atoms with Gasteiger partial charge < -0.3 is 10.6 Å². The van der Waals surface area contributed by atoms with Gasteiger partial charge in [0, 0.05) is 33.5 Å². The molecule has 0 fully saturated rings. The first-order valence-corrected chi connectivity index (χ1v) is 6.74. The van der Waals surface area contributed by atoms with Gasteiger partial charge in [-0.25, -0.2) is 0 Å². The largest absolute Gasteiger partial charge is 0.399 e. The topological polar surface area (TPSA) is 46.3 Å². The third-order valence-electron chi connectivity index (χ3n) is 2.67. The molecule has 0 bridgehead atoms. The normalized spacial score (nSPS) is 10.3. The fourth-order valence-corrected chi connectivity index (χ4v) is 2.58. The standard InChI is InChI=1S/C14H12BrClN2O/c1-18(13-4-2-3-12(17)8-13)14(19)9-5-10(15)7-11(16)6-9/h2-8H,17H2,1H3. The Kier molecular flexibility index (Phi) is 4.12. The quantitative estimate of drug-likeness (QED) is 0.842. The van der Waals surface area contributed by atoms with Gasteiger partial charge in [0.25, 0.3) is 5.91 Å². The van der Waals surface area contributed by atoms with Crippen molar-refractivity contribution in [3.8, 4) is 0 Å². The van der Waals surface area contributed by atoms with Gasteiger partial charge in [0.1, 0.15) is 0 Å². The number of nitrogens with zero attached hydrogens (tertiary/aromatic N) is 1. The summed E-state index contributed by atoms with van der Waals surface area (Å²) in [6, 6.07) is 12.3. The van der Waals surface area contributed by atoms with E-state index in [0.717, 1.165) is 10.2 Å². The van der Waals surface area contributed by atoms with Crippen molar-refractivity contribution in [1.82, 2.24) is 0 Å². The minimum absolute atomic E-state index is 0.145. The van der Waals surface area contributed by atoms with Crippen LogP contribution in [0.25, 0.3) is 0 Å². The molecule has 0 atom stereocenters. The molecule has 0 aliphatic rings. The number of nitrogens with two attached hydrogens (primary N) is 1. The van der Waals surface area contributed by atoms with E-state index < -0.39 is 0 Å². The van der Waals surface area contributed by atoms with Crippen molar-refractivity contribution in [3.05, 3.63) is 57.5 Å². The summed E-state index contributed by atoms with van der Waals surface area (Å²) in [6.07, 6.45) is 0. The van der Waals surface area contributed by atoms with Crippen molar-refractivity contribution < 1.29 is 4.79 Å². The highest BCUT2D eigenvalue weighted by atomic mass is 79.9. The van der Waals surface area contributed by atoms with Gasteiger partial charge >= 0.3 is 0 Å². The van der Waals surface area contributed by atoms with Crippen LogP contribution < -0.4 is 10.6 Å². The highest BCUT2D eigenvalue weighted by Crippen LogP contribution is 2.23. The minimum Gasteiger partial charge on any atom is -0.399 e. The van der Waals surface area contributed by atoms with Crippen molar-refractivity contribution in [3.63, 3.8) is 0 Å². The Morgan fingerprint density at radius 3 is 2.63 bits per heavy atom. The summed E-state index contributed by atoms with van der Waals surface area (Å²) in [7, 11) is 1.70. The van der Waals surface area contributed by atoms with Gasteiger partial charge in [-0.1, -0.05) is 33.6 Å². The van der Waals surface area contributed by atoms with Crippen molar-refractivity contribution in [1.29, 1.82) is 0 Å². The Balaban J connectivity index is 2.33. The molecule has 0 saturated carbocycles. The van der Waals surface area contributed by atoms with Gasteiger partial charge in [-0.15, -0.1) is 0 Å². The SMILES string of the molecule is CN(C(=O)c1cc(Cl)cc(Br)c1)c1cccc(N)c1. The zero-order valence-electron chi connectivity index (χ0n) is 10.2. The van der Waals surface area contributed by atoms with E-state index in [-0.39, 0.29) is 5.91 Å². The summed E-state index contributed by atoms with van der Waals surface area (Å²) in [4.78, 5) is 13.9. The van der Waals surface area contributed by atoms with E-state index in [9.17, 15) is 4.79 Å². The van der Waals surface area contributed by atoms with E-state index in [0.29, 0.717) is 16.3 Å². The predicted molar refractivity (Wildman–Crippen MR) is 82.7 cm³/mol. The second-order valence-electron chi connectivity index (χ2n) is 4.12. The molecule has 0 unspecified atom stereocenters. The van der Waals surface area contributed by atoms with E-state index in [2.05, 4.69) is 15.9 Å². The molecule has 0 aliphatic carbocycles. The molecule has 0 spiro atoms. The molecule has 1 amide bonds. The number of hydrogen-bond donors (Lipinski definition) is 1. The maximum Gasteiger partial charge on any atom is 0.258 e. The number of amides is 1. The number of halogens is 2. The lowest BCUT2D eigenvalue weighted by Crippen LogP contribution is -2.26. The van der Waals surface area contributed by atoms with E-state index in [1.54, 1.807) is 37.4 Å². The van der Waals surface area contributed by atoms with Crippen LogP contribution in [0.4, 0.5) is 11.4 Å². The smallest absolute Gasteiger partial charge is 0.258 e. The van der Waals surface area contributed by atoms with Gasteiger partial charge in [0.05, 0.1) is 0 Å². The zero-order valence-corrected chi connectivity index (χ0v) is 12.6. The van der Waals surface area contributed by atoms with Crippen LogP contribution in [0.2, 0.25) is 5.02 Å². The number of hydrogen-bond acceptors (Lipinski definition) is 2. The van der Waals surface area contributed by atoms with Crippen LogP contribution in [-0.2, 0) is 0 Å². The summed E-state index contributed by atoms with van der Waals surface area (Å²) >= 11 is 9.27. The van der Waals surface area contributed by atoms with Crippen LogP contribution in [-0.4, -0.2) is 13.0 Å². The molecule has 0 aliphatic heterocycles. The van der Waals surface area contributed by atoms with Gasteiger partial charge in [-0.3, -0.25) is 4.79 Å². The van der Waals surface area contributed by atoms with Gasteiger partial charge in [0.15, 0.2) is 0 Å². The molecule has 0 radical (unpaired) electrons. The van der Waals surface area contributed by atoms with E-state index >= 15 is 0 Å². The molecule has 0 aromatic heterocycles. The average Bonchev–Trinajstić information content (AvgIpc) is 2.36. The summed E-state index contributed by atoms with van der Waals surface area (Å²) < 4.78 is 0.768. The van der Waals surface area contributed by atoms with Crippen LogP contribution in [0, 0.1) is 0 Å². The number of rotatable bonds is 2. The molecular weight excluding hydrogens is 328 g/mol. The zero-order chi connectivity index (χ0) is 14.0. The van der Waals surface area contributed by atoms with Crippen molar-refractivity contribution in [2.24, 2.45) is 0 Å². The molecule has 0 saturated heterocycles. The first-order chi connectivity index (χ1) is 8.97. The van der Waals surface area contributed by atoms with Crippen molar-refractivity contribution in [2.45, 2.75) is 0 Å². The monoisotopic (exact) mass is 338 g/mol. The Labute approximate surface area is 125 Å². The summed E-state index contributed by atoms with van der Waals surface area (Å²) in [6.45, 7) is 0. The first-order valence-electron chi connectivity index (χ1n) is 5.57. The van der Waals surface area contributed by atoms with Crippen LogP contribution in [0.3, 0.4) is 0 Å². The number of anilines is 2. The van der Waals surface area contributed by atoms with E-state index in [1.165, 1.54) is 4.90 Å². The van der Waals surface area contributed by atoms with Gasteiger partial charge in [-0.05, 0) is 36.4 Å². The highest BCUT2D eigenvalue weighted by molar-refractivity contribution is 9.10.